The first-order chi connectivity index (χ1) is 12.9. The zero-order valence-electron chi connectivity index (χ0n) is 17.7. The first-order valence-electron chi connectivity index (χ1n) is 12.0. The molecule has 0 heterocycles. The number of alkyl halides is 1. The second kappa shape index (κ2) is 8.02. The highest BCUT2D eigenvalue weighted by atomic mass is 35.5. The highest BCUT2D eigenvalue weighted by Crippen LogP contribution is 2.60. The molecule has 4 rings (SSSR count). The zero-order valence-corrected chi connectivity index (χ0v) is 18.5. The van der Waals surface area contributed by atoms with E-state index in [0.29, 0.717) is 5.92 Å². The van der Waals surface area contributed by atoms with E-state index in [9.17, 15) is 5.11 Å². The summed E-state index contributed by atoms with van der Waals surface area (Å²) in [7, 11) is 0. The lowest BCUT2D eigenvalue weighted by atomic mass is 9.55. The Bertz CT molecular complexity index is 542. The fourth-order valence-electron chi connectivity index (χ4n) is 7.71. The molecular formula is C25H41ClO. The summed E-state index contributed by atoms with van der Waals surface area (Å²) in [6.07, 6.45) is 17.4. The maximum Gasteiger partial charge on any atom is 0.0681 e. The number of halogens is 1. The van der Waals surface area contributed by atoms with E-state index >= 15 is 0 Å². The molecule has 0 aromatic carbocycles. The second-order valence-electron chi connectivity index (χ2n) is 11.0. The Balaban J connectivity index is 1.43. The fraction of sp³-hybridized carbons (Fsp3) is 0.920. The molecule has 9 atom stereocenters. The first kappa shape index (κ1) is 20.3. The average molecular weight is 393 g/mol. The Kier molecular flexibility index (Phi) is 6.02. The number of hydrogen-bond donors (Lipinski definition) is 1. The van der Waals surface area contributed by atoms with E-state index in [0.717, 1.165) is 60.7 Å². The lowest BCUT2D eigenvalue weighted by molar-refractivity contribution is 0.0120. The predicted octanol–water partition coefficient (Wildman–Crippen LogP) is 6.83. The number of fused-ring (bicyclic) bond motifs is 5. The van der Waals surface area contributed by atoms with Crippen LogP contribution < -0.4 is 0 Å². The number of rotatable bonds is 5. The minimum atomic E-state index is -0.256. The van der Waals surface area contributed by atoms with Gasteiger partial charge in [0.1, 0.15) is 0 Å². The molecule has 0 aromatic heterocycles. The van der Waals surface area contributed by atoms with Gasteiger partial charge in [-0.1, -0.05) is 52.2 Å². The van der Waals surface area contributed by atoms with E-state index in [1.54, 1.807) is 0 Å². The van der Waals surface area contributed by atoms with E-state index in [4.69, 9.17) is 11.6 Å². The van der Waals surface area contributed by atoms with Crippen molar-refractivity contribution in [1.82, 2.24) is 0 Å². The van der Waals surface area contributed by atoms with Gasteiger partial charge in [0.05, 0.1) is 11.0 Å². The van der Waals surface area contributed by atoms with Crippen molar-refractivity contribution in [2.75, 3.05) is 0 Å². The third-order valence-electron chi connectivity index (χ3n) is 9.02. The predicted molar refractivity (Wildman–Crippen MR) is 115 cm³/mol. The highest BCUT2D eigenvalue weighted by Gasteiger charge is 2.54. The van der Waals surface area contributed by atoms with Gasteiger partial charge < -0.3 is 5.11 Å². The van der Waals surface area contributed by atoms with Crippen molar-refractivity contribution < 1.29 is 5.11 Å². The number of aliphatic hydroxyl groups excluding tert-OH is 1. The molecule has 0 aromatic rings. The van der Waals surface area contributed by atoms with Crippen LogP contribution in [0.1, 0.15) is 85.0 Å². The average Bonchev–Trinajstić information content (AvgIpc) is 3.04. The molecule has 3 saturated carbocycles. The van der Waals surface area contributed by atoms with Crippen LogP contribution in [0.4, 0.5) is 0 Å². The van der Waals surface area contributed by atoms with Gasteiger partial charge in [0.25, 0.3) is 0 Å². The summed E-state index contributed by atoms with van der Waals surface area (Å²) in [4.78, 5) is -0.256. The summed E-state index contributed by atoms with van der Waals surface area (Å²) in [6, 6.07) is 0. The summed E-state index contributed by atoms with van der Waals surface area (Å²) in [5.41, 5.74) is 0. The highest BCUT2D eigenvalue weighted by molar-refractivity contribution is 6.25. The second-order valence-corrected chi connectivity index (χ2v) is 11.7. The third kappa shape index (κ3) is 3.89. The Morgan fingerprint density at radius 2 is 1.70 bits per heavy atom. The first-order valence-corrected chi connectivity index (χ1v) is 12.3. The zero-order chi connectivity index (χ0) is 19.2. The molecule has 0 aliphatic heterocycles. The number of hydrogen-bond acceptors (Lipinski definition) is 1. The van der Waals surface area contributed by atoms with Crippen LogP contribution in [0.3, 0.4) is 0 Å². The van der Waals surface area contributed by atoms with E-state index in [1.165, 1.54) is 44.9 Å². The van der Waals surface area contributed by atoms with Crippen LogP contribution in [0.5, 0.6) is 0 Å². The molecule has 0 radical (unpaired) electrons. The van der Waals surface area contributed by atoms with E-state index in [2.05, 4.69) is 32.9 Å². The maximum absolute atomic E-state index is 10.1. The van der Waals surface area contributed by atoms with Crippen molar-refractivity contribution in [2.24, 2.45) is 47.3 Å². The smallest absolute Gasteiger partial charge is 0.0681 e. The quantitative estimate of drug-likeness (QED) is 0.401. The van der Waals surface area contributed by atoms with Crippen molar-refractivity contribution in [3.63, 3.8) is 0 Å². The van der Waals surface area contributed by atoms with E-state index in [1.807, 2.05) is 0 Å². The van der Waals surface area contributed by atoms with Crippen LogP contribution in [0, 0.1) is 47.3 Å². The van der Waals surface area contributed by atoms with Crippen molar-refractivity contribution in [3.8, 4) is 0 Å². The van der Waals surface area contributed by atoms with Crippen molar-refractivity contribution >= 4 is 11.6 Å². The molecule has 0 unspecified atom stereocenters. The molecule has 0 saturated heterocycles. The van der Waals surface area contributed by atoms with Gasteiger partial charge in [-0.25, -0.2) is 0 Å². The minimum Gasteiger partial charge on any atom is -0.393 e. The van der Waals surface area contributed by atoms with Gasteiger partial charge in [-0.2, -0.15) is 0 Å². The topological polar surface area (TPSA) is 20.2 Å². The number of allylic oxidation sites excluding steroid dienone is 2. The van der Waals surface area contributed by atoms with Crippen LogP contribution >= 0.6 is 11.6 Å². The third-order valence-corrected chi connectivity index (χ3v) is 9.58. The Morgan fingerprint density at radius 3 is 2.48 bits per heavy atom. The van der Waals surface area contributed by atoms with Gasteiger partial charge in [-0.05, 0) is 92.3 Å². The van der Waals surface area contributed by atoms with Crippen LogP contribution in [0.15, 0.2) is 12.2 Å². The maximum atomic E-state index is 10.1. The summed E-state index contributed by atoms with van der Waals surface area (Å²) in [6.45, 7) is 7.25. The summed E-state index contributed by atoms with van der Waals surface area (Å²) >= 11 is 7.05. The van der Waals surface area contributed by atoms with Crippen molar-refractivity contribution in [1.29, 1.82) is 0 Å². The molecule has 1 nitrogen and oxygen atoms in total. The molecule has 27 heavy (non-hydrogen) atoms. The summed E-state index contributed by atoms with van der Waals surface area (Å²) in [5.74, 6) is 6.72. The SMILES string of the molecule is CC(C)CCC[C@@H](C)[C@@H]1CC[C@@H]2[C@H]3C=C[C@]4(Cl)C[C@@H](O)CC[C@@H]4[C@@H]3CC[C@@H]21. The molecule has 4 aliphatic rings. The molecule has 1 N–H and O–H groups in total. The lowest BCUT2D eigenvalue weighted by Gasteiger charge is -2.53. The van der Waals surface area contributed by atoms with Crippen LogP contribution in [-0.2, 0) is 0 Å². The van der Waals surface area contributed by atoms with Crippen LogP contribution in [-0.4, -0.2) is 16.1 Å². The summed E-state index contributed by atoms with van der Waals surface area (Å²) in [5, 5.41) is 10.1. The van der Waals surface area contributed by atoms with Gasteiger partial charge >= 0.3 is 0 Å². The molecule has 154 valence electrons. The Hall–Kier alpha value is -0.0100. The normalized spacial score (nSPS) is 47.4. The molecular weight excluding hydrogens is 352 g/mol. The van der Waals surface area contributed by atoms with E-state index in [-0.39, 0.29) is 11.0 Å². The largest absolute Gasteiger partial charge is 0.393 e. The monoisotopic (exact) mass is 392 g/mol. The van der Waals surface area contributed by atoms with E-state index < -0.39 is 0 Å². The molecule has 0 spiro atoms. The van der Waals surface area contributed by atoms with Gasteiger partial charge in [0, 0.05) is 0 Å². The molecule has 0 bridgehead atoms. The molecule has 2 heteroatoms. The van der Waals surface area contributed by atoms with Crippen LogP contribution in [0.2, 0.25) is 0 Å². The lowest BCUT2D eigenvalue weighted by Crippen LogP contribution is -2.50. The Morgan fingerprint density at radius 1 is 0.963 bits per heavy atom. The molecule has 4 aliphatic carbocycles. The minimum absolute atomic E-state index is 0.196. The Labute approximate surface area is 172 Å². The summed E-state index contributed by atoms with van der Waals surface area (Å²) < 4.78 is 0. The van der Waals surface area contributed by atoms with Gasteiger partial charge in [0.2, 0.25) is 0 Å². The van der Waals surface area contributed by atoms with Gasteiger partial charge in [-0.3, -0.25) is 0 Å². The van der Waals surface area contributed by atoms with Crippen molar-refractivity contribution in [2.45, 2.75) is 96.0 Å². The molecule has 3 fully saturated rings. The fourth-order valence-corrected chi connectivity index (χ4v) is 8.24. The van der Waals surface area contributed by atoms with Crippen LogP contribution in [0.25, 0.3) is 0 Å². The number of aliphatic hydroxyl groups is 1. The standard InChI is InChI=1S/C25H41ClO/c1-16(2)5-4-6-17(3)19-8-9-21-20(19)10-11-23-22(21)13-14-25(26)15-18(27)7-12-24(23)25/h13-14,16-24,27H,4-12,15H2,1-3H3/t17-,18+,19+,20-,21+,22-,23-,24-,25+/m1/s1. The van der Waals surface area contributed by atoms with Gasteiger partial charge in [-0.15, -0.1) is 11.6 Å². The van der Waals surface area contributed by atoms with Gasteiger partial charge in [0.15, 0.2) is 0 Å². The molecule has 0 amide bonds. The van der Waals surface area contributed by atoms with Crippen molar-refractivity contribution in [3.05, 3.63) is 12.2 Å².